The van der Waals surface area contributed by atoms with E-state index >= 15 is 0 Å². The highest BCUT2D eigenvalue weighted by atomic mass is 15.3. The van der Waals surface area contributed by atoms with E-state index in [4.69, 9.17) is 4.98 Å². The van der Waals surface area contributed by atoms with Crippen LogP contribution in [0.4, 0.5) is 11.5 Å². The van der Waals surface area contributed by atoms with Crippen LogP contribution in [-0.4, -0.2) is 20.6 Å². The number of nitriles is 2. The molecule has 2 atom stereocenters. The summed E-state index contributed by atoms with van der Waals surface area (Å²) in [4.78, 5) is 11.6. The van der Waals surface area contributed by atoms with Crippen LogP contribution in [0.5, 0.6) is 0 Å². The molecule has 2 unspecified atom stereocenters. The Kier molecular flexibility index (Phi) is 6.47. The van der Waals surface area contributed by atoms with Gasteiger partial charge in [0.15, 0.2) is 0 Å². The normalized spacial score (nSPS) is 16.8. The summed E-state index contributed by atoms with van der Waals surface area (Å²) in [5, 5.41) is 19.8. The van der Waals surface area contributed by atoms with Gasteiger partial charge in [-0.15, -0.1) is 6.58 Å². The molecule has 0 spiro atoms. The van der Waals surface area contributed by atoms with Crippen molar-refractivity contribution in [2.75, 3.05) is 4.90 Å². The molecule has 3 aromatic heterocycles. The zero-order valence-corrected chi connectivity index (χ0v) is 21.3. The van der Waals surface area contributed by atoms with Gasteiger partial charge < -0.3 is 4.90 Å². The minimum absolute atomic E-state index is 0.0211. The van der Waals surface area contributed by atoms with Gasteiger partial charge in [-0.05, 0) is 43.7 Å². The fourth-order valence-electron chi connectivity index (χ4n) is 5.26. The molecule has 4 heterocycles. The van der Waals surface area contributed by atoms with Gasteiger partial charge in [-0.25, -0.2) is 9.97 Å². The molecule has 4 aromatic rings. The lowest BCUT2D eigenvalue weighted by Crippen LogP contribution is -2.28. The summed E-state index contributed by atoms with van der Waals surface area (Å²) in [6.07, 6.45) is 11.3. The average Bonchev–Trinajstić information content (AvgIpc) is 3.41. The molecular formula is C32H26N6. The average molecular weight is 495 g/mol. The maximum atomic E-state index is 9.44. The van der Waals surface area contributed by atoms with Gasteiger partial charge in [0, 0.05) is 33.8 Å². The minimum Gasteiger partial charge on any atom is -0.318 e. The first kappa shape index (κ1) is 24.5. The number of hydrogen-bond acceptors (Lipinski definition) is 5. The molecule has 0 saturated heterocycles. The number of rotatable bonds is 6. The molecule has 0 N–H and O–H groups in total. The second kappa shape index (κ2) is 10.0. The summed E-state index contributed by atoms with van der Waals surface area (Å²) in [6, 6.07) is 20.3. The number of anilines is 2. The Bertz CT molecular complexity index is 1720. The van der Waals surface area contributed by atoms with Crippen molar-refractivity contribution in [3.63, 3.8) is 0 Å². The monoisotopic (exact) mass is 494 g/mol. The first-order valence-corrected chi connectivity index (χ1v) is 12.3. The standard InChI is InChI=1S/C32H26N6/c1-5-7-11-24-22(4)37(30-20-35-23(19-34)17-27(24)30)31-14-10-15-32(36-31)38-28(6-2)26(16-21(3)18-33)25-12-8-9-13-29(25)38/h5-17,20,26,28H,1-2H2,3-4H3/b11-7-,21-16+. The quantitative estimate of drug-likeness (QED) is 0.163. The molecule has 6 heteroatoms. The van der Waals surface area contributed by atoms with Gasteiger partial charge in [-0.3, -0.25) is 4.57 Å². The molecule has 0 bridgehead atoms. The van der Waals surface area contributed by atoms with E-state index in [1.807, 2.05) is 74.5 Å². The largest absolute Gasteiger partial charge is 0.318 e. The summed E-state index contributed by atoms with van der Waals surface area (Å²) >= 11 is 0. The van der Waals surface area contributed by atoms with E-state index in [0.717, 1.165) is 45.0 Å². The minimum atomic E-state index is -0.105. The zero-order chi connectivity index (χ0) is 26.8. The smallest absolute Gasteiger partial charge is 0.141 e. The van der Waals surface area contributed by atoms with Crippen LogP contribution >= 0.6 is 0 Å². The third-order valence-corrected chi connectivity index (χ3v) is 6.92. The van der Waals surface area contributed by atoms with E-state index in [-0.39, 0.29) is 12.0 Å². The highest BCUT2D eigenvalue weighted by Crippen LogP contribution is 2.46. The van der Waals surface area contributed by atoms with E-state index in [2.05, 4.69) is 51.9 Å². The number of allylic oxidation sites excluding steroid dienone is 3. The number of benzene rings is 1. The van der Waals surface area contributed by atoms with E-state index in [1.54, 1.807) is 12.3 Å². The molecule has 5 rings (SSSR count). The Morgan fingerprint density at radius 3 is 2.61 bits per heavy atom. The van der Waals surface area contributed by atoms with Crippen LogP contribution in [-0.2, 0) is 0 Å². The van der Waals surface area contributed by atoms with Crippen LogP contribution < -0.4 is 4.90 Å². The number of hydrogen-bond donors (Lipinski definition) is 0. The molecule has 1 aliphatic rings. The third-order valence-electron chi connectivity index (χ3n) is 6.92. The van der Waals surface area contributed by atoms with Crippen molar-refractivity contribution >= 4 is 28.5 Å². The first-order valence-electron chi connectivity index (χ1n) is 12.3. The highest BCUT2D eigenvalue weighted by molar-refractivity contribution is 5.92. The second-order valence-electron chi connectivity index (χ2n) is 9.12. The number of aromatic nitrogens is 3. The van der Waals surface area contributed by atoms with Crippen LogP contribution in [0.15, 0.2) is 97.8 Å². The van der Waals surface area contributed by atoms with Gasteiger partial charge >= 0.3 is 0 Å². The van der Waals surface area contributed by atoms with Crippen LogP contribution in [0.1, 0.15) is 35.4 Å². The molecule has 0 aliphatic carbocycles. The van der Waals surface area contributed by atoms with Gasteiger partial charge in [0.2, 0.25) is 0 Å². The van der Waals surface area contributed by atoms with Crippen molar-refractivity contribution in [1.29, 1.82) is 10.5 Å². The summed E-state index contributed by atoms with van der Waals surface area (Å²) in [5.74, 6) is 1.49. The zero-order valence-electron chi connectivity index (χ0n) is 21.3. The van der Waals surface area contributed by atoms with Gasteiger partial charge in [-0.2, -0.15) is 10.5 Å². The maximum Gasteiger partial charge on any atom is 0.141 e. The lowest BCUT2D eigenvalue weighted by atomic mass is 9.93. The molecule has 0 radical (unpaired) electrons. The first-order chi connectivity index (χ1) is 18.5. The molecule has 1 aliphatic heterocycles. The summed E-state index contributed by atoms with van der Waals surface area (Å²) < 4.78 is 2.07. The van der Waals surface area contributed by atoms with Crippen molar-refractivity contribution in [3.05, 3.63) is 120 Å². The Balaban J connectivity index is 1.70. The predicted molar refractivity (Wildman–Crippen MR) is 152 cm³/mol. The molecule has 1 aromatic carbocycles. The van der Waals surface area contributed by atoms with Crippen LogP contribution in [0, 0.1) is 29.6 Å². The SMILES string of the molecule is C=C/C=C\c1c(C)n(-c2cccc(N3c4ccccc4C(/C=C(\C)C#N)C3C=C)n2)c2cnc(C#N)cc12. The predicted octanol–water partition coefficient (Wildman–Crippen LogP) is 7.06. The molecule has 184 valence electrons. The van der Waals surface area contributed by atoms with Gasteiger partial charge in [0.25, 0.3) is 0 Å². The van der Waals surface area contributed by atoms with Crippen molar-refractivity contribution in [3.8, 4) is 18.0 Å². The summed E-state index contributed by atoms with van der Waals surface area (Å²) in [5.41, 5.74) is 6.02. The molecular weight excluding hydrogens is 468 g/mol. The van der Waals surface area contributed by atoms with Crippen molar-refractivity contribution in [2.24, 2.45) is 0 Å². The van der Waals surface area contributed by atoms with Crippen molar-refractivity contribution in [2.45, 2.75) is 25.8 Å². The maximum absolute atomic E-state index is 9.44. The van der Waals surface area contributed by atoms with E-state index in [9.17, 15) is 10.5 Å². The van der Waals surface area contributed by atoms with Crippen LogP contribution in [0.3, 0.4) is 0 Å². The lowest BCUT2D eigenvalue weighted by Gasteiger charge is -2.27. The van der Waals surface area contributed by atoms with Crippen LogP contribution in [0.25, 0.3) is 22.8 Å². The summed E-state index contributed by atoms with van der Waals surface area (Å²) in [6.45, 7) is 11.8. The highest BCUT2D eigenvalue weighted by Gasteiger charge is 2.37. The van der Waals surface area contributed by atoms with Crippen LogP contribution in [0.2, 0.25) is 0 Å². The Morgan fingerprint density at radius 1 is 1.08 bits per heavy atom. The lowest BCUT2D eigenvalue weighted by molar-refractivity contribution is 0.742. The Labute approximate surface area is 222 Å². The Morgan fingerprint density at radius 2 is 1.87 bits per heavy atom. The van der Waals surface area contributed by atoms with E-state index in [1.165, 1.54) is 0 Å². The molecule has 6 nitrogen and oxygen atoms in total. The number of fused-ring (bicyclic) bond motifs is 2. The summed E-state index contributed by atoms with van der Waals surface area (Å²) in [7, 11) is 0. The van der Waals surface area contributed by atoms with E-state index < -0.39 is 0 Å². The van der Waals surface area contributed by atoms with Gasteiger partial charge in [0.05, 0.1) is 23.8 Å². The topological polar surface area (TPSA) is 81.5 Å². The van der Waals surface area contributed by atoms with Crippen molar-refractivity contribution in [1.82, 2.24) is 14.5 Å². The number of nitrogens with zero attached hydrogens (tertiary/aromatic N) is 6. The van der Waals surface area contributed by atoms with Gasteiger partial charge in [0.1, 0.15) is 23.4 Å². The van der Waals surface area contributed by atoms with Crippen molar-refractivity contribution < 1.29 is 0 Å². The van der Waals surface area contributed by atoms with Gasteiger partial charge in [-0.1, -0.05) is 61.2 Å². The molecule has 0 fully saturated rings. The molecule has 38 heavy (non-hydrogen) atoms. The second-order valence-corrected chi connectivity index (χ2v) is 9.12. The Hall–Kier alpha value is -5.20. The fourth-order valence-corrected chi connectivity index (χ4v) is 5.26. The number of pyridine rings is 2. The molecule has 0 amide bonds. The fraction of sp³-hybridized carbons (Fsp3) is 0.125. The number of para-hydroxylation sites is 1. The third kappa shape index (κ3) is 3.99. The molecule has 0 saturated carbocycles. The van der Waals surface area contributed by atoms with E-state index in [0.29, 0.717) is 11.3 Å².